The van der Waals surface area contributed by atoms with Crippen molar-refractivity contribution in [3.05, 3.63) is 24.3 Å². The molecule has 2 aliphatic rings. The van der Waals surface area contributed by atoms with Gasteiger partial charge in [0.1, 0.15) is 0 Å². The normalized spacial score (nSPS) is 21.6. The molecule has 1 saturated heterocycles. The van der Waals surface area contributed by atoms with Crippen LogP contribution < -0.4 is 15.4 Å². The van der Waals surface area contributed by atoms with Crippen LogP contribution in [0.1, 0.15) is 26.2 Å². The molecule has 1 heterocycles. The molecule has 0 spiro atoms. The topological polar surface area (TPSA) is 75.4 Å². The Bertz CT molecular complexity index is 587. The molecule has 1 saturated carbocycles. The second-order valence-corrected chi connectivity index (χ2v) is 7.68. The van der Waals surface area contributed by atoms with Gasteiger partial charge < -0.3 is 10.6 Å². The molecule has 3 rings (SSSR count). The molecule has 0 unspecified atom stereocenters. The van der Waals surface area contributed by atoms with Crippen LogP contribution in [0.2, 0.25) is 0 Å². The first kappa shape index (κ1) is 13.9. The van der Waals surface area contributed by atoms with Crippen molar-refractivity contribution < 1.29 is 8.42 Å². The van der Waals surface area contributed by atoms with E-state index in [1.54, 1.807) is 12.1 Å². The maximum atomic E-state index is 12.1. The van der Waals surface area contributed by atoms with Gasteiger partial charge in [-0.3, -0.25) is 0 Å². The Morgan fingerprint density at radius 1 is 1.30 bits per heavy atom. The summed E-state index contributed by atoms with van der Waals surface area (Å²) in [6.45, 7) is 3.75. The van der Waals surface area contributed by atoms with E-state index >= 15 is 0 Å². The molecule has 0 amide bonds. The minimum absolute atomic E-state index is 0.0850. The van der Waals surface area contributed by atoms with Gasteiger partial charge in [-0.15, -0.1) is 0 Å². The molecule has 1 aliphatic heterocycles. The zero-order valence-corrected chi connectivity index (χ0v) is 12.5. The van der Waals surface area contributed by atoms with Gasteiger partial charge in [0, 0.05) is 24.8 Å². The highest BCUT2D eigenvalue weighted by Crippen LogP contribution is 2.29. The smallest absolute Gasteiger partial charge is 0.240 e. The average molecular weight is 295 g/mol. The van der Waals surface area contributed by atoms with Crippen molar-refractivity contribution in [3.8, 4) is 0 Å². The second-order valence-electron chi connectivity index (χ2n) is 5.96. The Balaban J connectivity index is 1.69. The number of nitrogens with zero attached hydrogens (tertiary/aromatic N) is 1. The highest BCUT2D eigenvalue weighted by Gasteiger charge is 2.37. The van der Waals surface area contributed by atoms with Gasteiger partial charge >= 0.3 is 0 Å². The fraction of sp³-hybridized carbons (Fsp3) is 0.571. The monoisotopic (exact) mass is 295 g/mol. The van der Waals surface area contributed by atoms with Gasteiger partial charge in [-0.05, 0) is 43.5 Å². The zero-order chi connectivity index (χ0) is 14.4. The van der Waals surface area contributed by atoms with E-state index in [9.17, 15) is 8.42 Å². The predicted octanol–water partition coefficient (Wildman–Crippen LogP) is 1.05. The first-order chi connectivity index (χ1) is 9.42. The van der Waals surface area contributed by atoms with Crippen molar-refractivity contribution in [1.82, 2.24) is 4.72 Å². The van der Waals surface area contributed by atoms with Gasteiger partial charge in [0.15, 0.2) is 0 Å². The van der Waals surface area contributed by atoms with E-state index in [-0.39, 0.29) is 11.6 Å². The van der Waals surface area contributed by atoms with Crippen molar-refractivity contribution in [1.29, 1.82) is 0 Å². The van der Waals surface area contributed by atoms with Crippen LogP contribution in [-0.4, -0.2) is 33.1 Å². The first-order valence-corrected chi connectivity index (χ1v) is 8.56. The number of hydrogen-bond acceptors (Lipinski definition) is 4. The summed E-state index contributed by atoms with van der Waals surface area (Å²) in [5.74, 6) is 0. The molecule has 6 heteroatoms. The number of nitrogens with one attached hydrogen (secondary N) is 1. The summed E-state index contributed by atoms with van der Waals surface area (Å²) in [6, 6.07) is 7.19. The molecule has 2 fully saturated rings. The SMILES string of the molecule is CCC1(N)CN(c2ccc(S(=O)(=O)NC3CC3)cc2)C1. The van der Waals surface area contributed by atoms with Gasteiger partial charge in [-0.2, -0.15) is 0 Å². The van der Waals surface area contributed by atoms with Gasteiger partial charge in [0.25, 0.3) is 0 Å². The minimum Gasteiger partial charge on any atom is -0.368 e. The Morgan fingerprint density at radius 3 is 2.40 bits per heavy atom. The van der Waals surface area contributed by atoms with Crippen LogP contribution >= 0.6 is 0 Å². The van der Waals surface area contributed by atoms with E-state index in [1.807, 2.05) is 12.1 Å². The van der Waals surface area contributed by atoms with Gasteiger partial charge in [-0.25, -0.2) is 13.1 Å². The number of sulfonamides is 1. The van der Waals surface area contributed by atoms with Crippen LogP contribution in [0.25, 0.3) is 0 Å². The fourth-order valence-electron chi connectivity index (χ4n) is 2.44. The number of benzene rings is 1. The maximum absolute atomic E-state index is 12.1. The van der Waals surface area contributed by atoms with Crippen LogP contribution in [0.3, 0.4) is 0 Å². The van der Waals surface area contributed by atoms with E-state index in [0.717, 1.165) is 38.0 Å². The maximum Gasteiger partial charge on any atom is 0.240 e. The van der Waals surface area contributed by atoms with Crippen LogP contribution in [0.5, 0.6) is 0 Å². The van der Waals surface area contributed by atoms with E-state index < -0.39 is 10.0 Å². The Hall–Kier alpha value is -1.11. The van der Waals surface area contributed by atoms with Crippen LogP contribution in [0.4, 0.5) is 5.69 Å². The molecule has 0 radical (unpaired) electrons. The largest absolute Gasteiger partial charge is 0.368 e. The third kappa shape index (κ3) is 2.68. The van der Waals surface area contributed by atoms with Crippen LogP contribution in [0, 0.1) is 0 Å². The highest BCUT2D eigenvalue weighted by atomic mass is 32.2. The molecular weight excluding hydrogens is 274 g/mol. The first-order valence-electron chi connectivity index (χ1n) is 7.08. The Kier molecular flexibility index (Phi) is 3.27. The summed E-state index contributed by atoms with van der Waals surface area (Å²) in [5.41, 5.74) is 7.09. The van der Waals surface area contributed by atoms with Gasteiger partial charge in [-0.1, -0.05) is 6.92 Å². The summed E-state index contributed by atoms with van der Waals surface area (Å²) in [5, 5.41) is 0. The molecule has 20 heavy (non-hydrogen) atoms. The molecule has 1 aliphatic carbocycles. The lowest BCUT2D eigenvalue weighted by Gasteiger charge is -2.48. The number of rotatable bonds is 5. The van der Waals surface area contributed by atoms with E-state index in [0.29, 0.717) is 4.90 Å². The quantitative estimate of drug-likeness (QED) is 0.851. The molecule has 0 aromatic heterocycles. The lowest BCUT2D eigenvalue weighted by atomic mass is 9.88. The molecule has 3 N–H and O–H groups in total. The van der Waals surface area contributed by atoms with E-state index in [2.05, 4.69) is 16.5 Å². The number of anilines is 1. The second kappa shape index (κ2) is 4.72. The zero-order valence-electron chi connectivity index (χ0n) is 11.7. The summed E-state index contributed by atoms with van der Waals surface area (Å²) >= 11 is 0. The molecule has 0 bridgehead atoms. The third-order valence-corrected chi connectivity index (χ3v) is 5.66. The summed E-state index contributed by atoms with van der Waals surface area (Å²) in [7, 11) is -3.35. The van der Waals surface area contributed by atoms with E-state index in [1.165, 1.54) is 0 Å². The lowest BCUT2D eigenvalue weighted by molar-refractivity contribution is 0.322. The molecule has 5 nitrogen and oxygen atoms in total. The number of hydrogen-bond donors (Lipinski definition) is 2. The molecular formula is C14H21N3O2S. The average Bonchev–Trinajstić information content (AvgIpc) is 3.18. The molecule has 110 valence electrons. The minimum atomic E-state index is -3.35. The number of nitrogens with two attached hydrogens (primary N) is 1. The standard InChI is InChI=1S/C14H21N3O2S/c1-2-14(15)9-17(10-14)12-5-7-13(8-6-12)20(18,19)16-11-3-4-11/h5-8,11,16H,2-4,9-10,15H2,1H3. The van der Waals surface area contributed by atoms with Crippen molar-refractivity contribution in [2.45, 2.75) is 42.7 Å². The molecule has 1 aromatic rings. The van der Waals surface area contributed by atoms with Gasteiger partial charge in [0.2, 0.25) is 10.0 Å². The van der Waals surface area contributed by atoms with Gasteiger partial charge in [0.05, 0.1) is 10.4 Å². The predicted molar refractivity (Wildman–Crippen MR) is 79.2 cm³/mol. The fourth-order valence-corrected chi connectivity index (χ4v) is 3.75. The third-order valence-electron chi connectivity index (χ3n) is 4.13. The summed E-state index contributed by atoms with van der Waals surface area (Å²) in [6.07, 6.45) is 2.85. The van der Waals surface area contributed by atoms with Crippen molar-refractivity contribution >= 4 is 15.7 Å². The molecule has 0 atom stereocenters. The van der Waals surface area contributed by atoms with E-state index in [4.69, 9.17) is 5.73 Å². The van der Waals surface area contributed by atoms with Crippen LogP contribution in [-0.2, 0) is 10.0 Å². The Labute approximate surface area is 120 Å². The molecule has 1 aromatic carbocycles. The van der Waals surface area contributed by atoms with Crippen molar-refractivity contribution in [2.75, 3.05) is 18.0 Å². The summed E-state index contributed by atoms with van der Waals surface area (Å²) in [4.78, 5) is 2.51. The lowest BCUT2D eigenvalue weighted by Crippen LogP contribution is -2.67. The van der Waals surface area contributed by atoms with Crippen LogP contribution in [0.15, 0.2) is 29.2 Å². The Morgan fingerprint density at radius 2 is 1.90 bits per heavy atom. The summed E-state index contributed by atoms with van der Waals surface area (Å²) < 4.78 is 26.8. The van der Waals surface area contributed by atoms with Crippen molar-refractivity contribution in [2.24, 2.45) is 5.73 Å². The highest BCUT2D eigenvalue weighted by molar-refractivity contribution is 7.89. The van der Waals surface area contributed by atoms with Crippen molar-refractivity contribution in [3.63, 3.8) is 0 Å².